The summed E-state index contributed by atoms with van der Waals surface area (Å²) >= 11 is 0. The van der Waals surface area contributed by atoms with Crippen LogP contribution in [0.1, 0.15) is 39.9 Å². The van der Waals surface area contributed by atoms with Gasteiger partial charge in [-0.1, -0.05) is 12.1 Å². The molecule has 2 aromatic rings. The number of amides is 1. The lowest BCUT2D eigenvalue weighted by Crippen LogP contribution is -2.30. The van der Waals surface area contributed by atoms with Crippen LogP contribution in [0.2, 0.25) is 0 Å². The third-order valence-corrected chi connectivity index (χ3v) is 7.03. The molecule has 1 amide bonds. The Kier molecular flexibility index (Phi) is 6.59. The molecule has 0 spiro atoms. The summed E-state index contributed by atoms with van der Waals surface area (Å²) in [6.07, 6.45) is 1.75. The number of ether oxygens (including phenoxy) is 1. The van der Waals surface area contributed by atoms with E-state index in [1.54, 1.807) is 19.1 Å². The average molecular weight is 417 g/mol. The van der Waals surface area contributed by atoms with Gasteiger partial charge in [0.2, 0.25) is 10.0 Å². The summed E-state index contributed by atoms with van der Waals surface area (Å²) in [5.74, 6) is 0.456. The van der Waals surface area contributed by atoms with Gasteiger partial charge < -0.3 is 10.1 Å². The fraction of sp³-hybridized carbons (Fsp3) is 0.409. The number of benzene rings is 2. The summed E-state index contributed by atoms with van der Waals surface area (Å²) in [6, 6.07) is 10.8. The highest BCUT2D eigenvalue weighted by atomic mass is 32.2. The number of sulfonamides is 1. The number of nitrogens with zero attached hydrogens (tertiary/aromatic N) is 1. The molecule has 0 aromatic heterocycles. The van der Waals surface area contributed by atoms with Crippen molar-refractivity contribution in [2.24, 2.45) is 0 Å². The number of nitrogens with one attached hydrogen (secondary N) is 1. The van der Waals surface area contributed by atoms with E-state index < -0.39 is 10.0 Å². The van der Waals surface area contributed by atoms with E-state index in [2.05, 4.69) is 11.4 Å². The molecule has 1 aliphatic rings. The second kappa shape index (κ2) is 8.97. The van der Waals surface area contributed by atoms with Crippen LogP contribution >= 0.6 is 0 Å². The molecule has 7 heteroatoms. The predicted molar refractivity (Wildman–Crippen MR) is 113 cm³/mol. The van der Waals surface area contributed by atoms with Crippen molar-refractivity contribution in [1.29, 1.82) is 0 Å². The molecule has 1 heterocycles. The number of hydrogen-bond acceptors (Lipinski definition) is 4. The first-order valence-corrected chi connectivity index (χ1v) is 11.3. The molecular formula is C22H28N2O4S. The van der Waals surface area contributed by atoms with Crippen LogP contribution in [-0.2, 0) is 10.0 Å². The zero-order valence-electron chi connectivity index (χ0n) is 17.2. The van der Waals surface area contributed by atoms with Gasteiger partial charge in [0.25, 0.3) is 5.91 Å². The molecule has 6 nitrogen and oxygen atoms in total. The molecule has 0 bridgehead atoms. The number of carbonyl (C=O) groups excluding carboxylic acids is 1. The van der Waals surface area contributed by atoms with Crippen LogP contribution in [0.3, 0.4) is 0 Å². The minimum atomic E-state index is -3.57. The summed E-state index contributed by atoms with van der Waals surface area (Å²) in [6.45, 7) is 7.50. The Labute approximate surface area is 172 Å². The van der Waals surface area contributed by atoms with Crippen molar-refractivity contribution in [3.8, 4) is 5.75 Å². The molecule has 3 rings (SSSR count). The number of carbonyl (C=O) groups is 1. The highest BCUT2D eigenvalue weighted by Gasteiger charge is 2.29. The smallest absolute Gasteiger partial charge is 0.251 e. The lowest BCUT2D eigenvalue weighted by molar-refractivity contribution is 0.0946. The van der Waals surface area contributed by atoms with Crippen molar-refractivity contribution in [3.63, 3.8) is 0 Å². The van der Waals surface area contributed by atoms with Gasteiger partial charge in [0.15, 0.2) is 0 Å². The third kappa shape index (κ3) is 5.16. The number of aryl methyl sites for hydroxylation is 3. The lowest BCUT2D eigenvalue weighted by atomic mass is 10.1. The zero-order valence-corrected chi connectivity index (χ0v) is 18.0. The molecule has 1 saturated heterocycles. The van der Waals surface area contributed by atoms with Gasteiger partial charge in [0.05, 0.1) is 11.4 Å². The predicted octanol–water partition coefficient (Wildman–Crippen LogP) is 3.21. The number of hydrogen-bond donors (Lipinski definition) is 1. The summed E-state index contributed by atoms with van der Waals surface area (Å²) in [4.78, 5) is 12.7. The van der Waals surface area contributed by atoms with E-state index in [0.29, 0.717) is 37.4 Å². The number of rotatable bonds is 7. The Morgan fingerprint density at radius 2 is 1.69 bits per heavy atom. The Morgan fingerprint density at radius 1 is 1.03 bits per heavy atom. The maximum Gasteiger partial charge on any atom is 0.251 e. The molecule has 1 aliphatic heterocycles. The second-order valence-electron chi connectivity index (χ2n) is 7.52. The molecule has 2 aromatic carbocycles. The molecule has 0 aliphatic carbocycles. The second-order valence-corrected chi connectivity index (χ2v) is 9.43. The van der Waals surface area contributed by atoms with Gasteiger partial charge in [-0.25, -0.2) is 8.42 Å². The van der Waals surface area contributed by atoms with Crippen LogP contribution < -0.4 is 10.1 Å². The van der Waals surface area contributed by atoms with Gasteiger partial charge in [-0.05, 0) is 74.6 Å². The minimum absolute atomic E-state index is 0.207. The van der Waals surface area contributed by atoms with E-state index in [4.69, 9.17) is 4.74 Å². The van der Waals surface area contributed by atoms with E-state index in [1.165, 1.54) is 10.4 Å². The summed E-state index contributed by atoms with van der Waals surface area (Å²) < 4.78 is 32.9. The first-order chi connectivity index (χ1) is 13.8. The van der Waals surface area contributed by atoms with Crippen LogP contribution in [0, 0.1) is 20.8 Å². The normalized spacial score (nSPS) is 14.7. The monoisotopic (exact) mass is 416 g/mol. The maximum absolute atomic E-state index is 12.9. The summed E-state index contributed by atoms with van der Waals surface area (Å²) in [5, 5.41) is 2.79. The van der Waals surface area contributed by atoms with Gasteiger partial charge in [0, 0.05) is 18.7 Å². The fourth-order valence-corrected chi connectivity index (χ4v) is 5.31. The topological polar surface area (TPSA) is 75.7 Å². The summed E-state index contributed by atoms with van der Waals surface area (Å²) in [7, 11) is -3.57. The van der Waals surface area contributed by atoms with Crippen LogP contribution in [-0.4, -0.2) is 44.9 Å². The molecule has 29 heavy (non-hydrogen) atoms. The van der Waals surface area contributed by atoms with Crippen molar-refractivity contribution < 1.29 is 17.9 Å². The molecule has 0 atom stereocenters. The molecule has 0 saturated carbocycles. The van der Waals surface area contributed by atoms with E-state index >= 15 is 0 Å². The molecule has 156 valence electrons. The van der Waals surface area contributed by atoms with Crippen molar-refractivity contribution in [2.75, 3.05) is 26.2 Å². The van der Waals surface area contributed by atoms with Gasteiger partial charge >= 0.3 is 0 Å². The van der Waals surface area contributed by atoms with Crippen molar-refractivity contribution in [1.82, 2.24) is 9.62 Å². The molecule has 0 radical (unpaired) electrons. The van der Waals surface area contributed by atoms with E-state index in [0.717, 1.165) is 29.7 Å². The van der Waals surface area contributed by atoms with Gasteiger partial charge in [-0.15, -0.1) is 0 Å². The van der Waals surface area contributed by atoms with E-state index in [9.17, 15) is 13.2 Å². The Balaban J connectivity index is 1.62. The first-order valence-electron chi connectivity index (χ1n) is 9.87. The SMILES string of the molecule is Cc1cc(C)cc(OCCNC(=O)c2ccc(C)c(S(=O)(=O)N3CCCC3)c2)c1. The Bertz CT molecular complexity index is 976. The first kappa shape index (κ1) is 21.3. The quantitative estimate of drug-likeness (QED) is 0.704. The standard InChI is InChI=1S/C22H28N2O4S/c1-16-12-17(2)14-20(13-16)28-11-8-23-22(25)19-7-6-18(3)21(15-19)29(26,27)24-9-4-5-10-24/h6-7,12-15H,4-5,8-11H2,1-3H3,(H,23,25). The molecular weight excluding hydrogens is 388 g/mol. The third-order valence-electron chi connectivity index (χ3n) is 4.98. The van der Waals surface area contributed by atoms with Crippen LogP contribution in [0.25, 0.3) is 0 Å². The highest BCUT2D eigenvalue weighted by molar-refractivity contribution is 7.89. The highest BCUT2D eigenvalue weighted by Crippen LogP contribution is 2.24. The fourth-order valence-electron chi connectivity index (χ4n) is 3.54. The zero-order chi connectivity index (χ0) is 21.0. The lowest BCUT2D eigenvalue weighted by Gasteiger charge is -2.18. The van der Waals surface area contributed by atoms with E-state index in [-0.39, 0.29) is 10.8 Å². The van der Waals surface area contributed by atoms with Gasteiger partial charge in [-0.2, -0.15) is 4.31 Å². The van der Waals surface area contributed by atoms with Crippen molar-refractivity contribution in [3.05, 3.63) is 58.7 Å². The summed E-state index contributed by atoms with van der Waals surface area (Å²) in [5.41, 5.74) is 3.22. The van der Waals surface area contributed by atoms with Crippen molar-refractivity contribution >= 4 is 15.9 Å². The van der Waals surface area contributed by atoms with Gasteiger partial charge in [-0.3, -0.25) is 4.79 Å². The molecule has 1 fully saturated rings. The minimum Gasteiger partial charge on any atom is -0.492 e. The van der Waals surface area contributed by atoms with E-state index in [1.807, 2.05) is 26.0 Å². The Hall–Kier alpha value is -2.38. The molecule has 0 unspecified atom stereocenters. The largest absolute Gasteiger partial charge is 0.492 e. The van der Waals surface area contributed by atoms with Crippen LogP contribution in [0.4, 0.5) is 0 Å². The Morgan fingerprint density at radius 3 is 2.34 bits per heavy atom. The van der Waals surface area contributed by atoms with Crippen LogP contribution in [0.5, 0.6) is 5.75 Å². The average Bonchev–Trinajstić information content (AvgIpc) is 3.20. The van der Waals surface area contributed by atoms with Crippen molar-refractivity contribution in [2.45, 2.75) is 38.5 Å². The molecule has 1 N–H and O–H groups in total. The van der Waals surface area contributed by atoms with Crippen LogP contribution in [0.15, 0.2) is 41.3 Å². The van der Waals surface area contributed by atoms with Gasteiger partial charge in [0.1, 0.15) is 12.4 Å². The maximum atomic E-state index is 12.9.